The number of Topliss-reactive ketones (excluding diaryl/α,β-unsaturated/α-hetero) is 1. The first kappa shape index (κ1) is 24.1. The fourth-order valence-corrected chi connectivity index (χ4v) is 5.39. The van der Waals surface area contributed by atoms with E-state index in [4.69, 9.17) is 9.47 Å². The van der Waals surface area contributed by atoms with Crippen LogP contribution >= 0.6 is 11.8 Å². The summed E-state index contributed by atoms with van der Waals surface area (Å²) in [5.41, 5.74) is 4.70. The second-order valence-corrected chi connectivity index (χ2v) is 9.90. The van der Waals surface area contributed by atoms with E-state index in [9.17, 15) is 9.59 Å². The quantitative estimate of drug-likeness (QED) is 0.408. The Labute approximate surface area is 205 Å². The number of para-hydroxylation sites is 1. The normalized spacial score (nSPS) is 20.0. The lowest BCUT2D eigenvalue weighted by Crippen LogP contribution is -2.36. The Morgan fingerprint density at radius 1 is 1.09 bits per heavy atom. The van der Waals surface area contributed by atoms with E-state index in [1.54, 1.807) is 18.9 Å². The first-order valence-electron chi connectivity index (χ1n) is 11.7. The largest absolute Gasteiger partial charge is 0.496 e. The lowest BCUT2D eigenvalue weighted by atomic mass is 9.71. The van der Waals surface area contributed by atoms with Crippen LogP contribution in [0, 0.1) is 0 Å². The van der Waals surface area contributed by atoms with Gasteiger partial charge < -0.3 is 14.8 Å². The lowest BCUT2D eigenvalue weighted by molar-refractivity contribution is -0.138. The van der Waals surface area contributed by atoms with Crippen LogP contribution in [0.25, 0.3) is 0 Å². The summed E-state index contributed by atoms with van der Waals surface area (Å²) in [6, 6.07) is 17.8. The second kappa shape index (κ2) is 11.0. The van der Waals surface area contributed by atoms with Gasteiger partial charge in [0, 0.05) is 34.7 Å². The maximum Gasteiger partial charge on any atom is 0.336 e. The molecule has 2 atom stereocenters. The number of nitrogens with one attached hydrogen (secondary N) is 1. The molecule has 4 rings (SSSR count). The predicted molar refractivity (Wildman–Crippen MR) is 136 cm³/mol. The summed E-state index contributed by atoms with van der Waals surface area (Å²) < 4.78 is 11.3. The average molecular weight is 478 g/mol. The molecule has 0 saturated carbocycles. The number of ketones is 1. The van der Waals surface area contributed by atoms with Crippen LogP contribution in [0.5, 0.6) is 5.75 Å². The molecule has 0 bridgehead atoms. The molecule has 34 heavy (non-hydrogen) atoms. The summed E-state index contributed by atoms with van der Waals surface area (Å²) in [7, 11) is 1.61. The molecule has 0 radical (unpaired) electrons. The van der Waals surface area contributed by atoms with Gasteiger partial charge in [-0.05, 0) is 36.6 Å². The molecule has 1 N–H and O–H groups in total. The second-order valence-electron chi connectivity index (χ2n) is 8.50. The maximum atomic E-state index is 13.7. The van der Waals surface area contributed by atoms with E-state index in [2.05, 4.69) is 24.4 Å². The molecule has 2 aromatic carbocycles. The van der Waals surface area contributed by atoms with Gasteiger partial charge in [-0.15, -0.1) is 0 Å². The van der Waals surface area contributed by atoms with Crippen molar-refractivity contribution >= 4 is 23.5 Å². The van der Waals surface area contributed by atoms with Crippen molar-refractivity contribution in [2.75, 3.05) is 25.2 Å². The van der Waals surface area contributed by atoms with Crippen molar-refractivity contribution in [2.45, 2.75) is 38.5 Å². The first-order valence-corrected chi connectivity index (χ1v) is 12.9. The number of carbonyl (C=O) groups excluding carboxylic acids is 2. The zero-order valence-corrected chi connectivity index (χ0v) is 20.7. The molecular weight excluding hydrogens is 446 g/mol. The highest BCUT2D eigenvalue weighted by atomic mass is 32.2. The molecule has 1 heterocycles. The van der Waals surface area contributed by atoms with Crippen molar-refractivity contribution in [2.24, 2.45) is 0 Å². The third-order valence-corrected chi connectivity index (χ3v) is 7.30. The van der Waals surface area contributed by atoms with Gasteiger partial charge in [0.2, 0.25) is 0 Å². The van der Waals surface area contributed by atoms with E-state index in [-0.39, 0.29) is 17.7 Å². The van der Waals surface area contributed by atoms with E-state index < -0.39 is 5.92 Å². The predicted octanol–water partition coefficient (Wildman–Crippen LogP) is 5.35. The molecule has 0 amide bonds. The number of benzene rings is 2. The van der Waals surface area contributed by atoms with Crippen molar-refractivity contribution < 1.29 is 19.1 Å². The van der Waals surface area contributed by atoms with Crippen molar-refractivity contribution in [3.63, 3.8) is 0 Å². The van der Waals surface area contributed by atoms with Crippen LogP contribution in [0.3, 0.4) is 0 Å². The van der Waals surface area contributed by atoms with Crippen LogP contribution in [-0.4, -0.2) is 37.0 Å². The minimum Gasteiger partial charge on any atom is -0.496 e. The lowest BCUT2D eigenvalue weighted by Gasteiger charge is -2.37. The summed E-state index contributed by atoms with van der Waals surface area (Å²) in [5.74, 6) is 1.61. The number of thioether (sulfide) groups is 1. The van der Waals surface area contributed by atoms with Gasteiger partial charge in [0.25, 0.3) is 0 Å². The summed E-state index contributed by atoms with van der Waals surface area (Å²) in [4.78, 5) is 27.0. The number of ether oxygens (including phenoxy) is 2. The molecule has 6 heteroatoms. The Bertz CT molecular complexity index is 1120. The average Bonchev–Trinajstić information content (AvgIpc) is 2.86. The van der Waals surface area contributed by atoms with Crippen LogP contribution in [0.2, 0.25) is 0 Å². The fraction of sp³-hybridized carbons (Fsp3) is 0.357. The minimum absolute atomic E-state index is 0.0536. The van der Waals surface area contributed by atoms with Gasteiger partial charge >= 0.3 is 5.97 Å². The summed E-state index contributed by atoms with van der Waals surface area (Å²) in [6.07, 6.45) is 1.12. The Balaban J connectivity index is 1.75. The van der Waals surface area contributed by atoms with E-state index in [1.807, 2.05) is 49.4 Å². The van der Waals surface area contributed by atoms with Crippen LogP contribution in [-0.2, 0) is 14.3 Å². The summed E-state index contributed by atoms with van der Waals surface area (Å²) >= 11 is 1.73. The maximum absolute atomic E-state index is 13.7. The number of esters is 1. The molecule has 0 spiro atoms. The molecule has 1 aliphatic heterocycles. The molecule has 0 saturated heterocycles. The highest BCUT2D eigenvalue weighted by molar-refractivity contribution is 7.99. The molecule has 1 aliphatic carbocycles. The van der Waals surface area contributed by atoms with Crippen LogP contribution in [0.4, 0.5) is 0 Å². The summed E-state index contributed by atoms with van der Waals surface area (Å²) in [5, 5.41) is 3.41. The fourth-order valence-electron chi connectivity index (χ4n) is 4.90. The molecule has 2 aromatic rings. The van der Waals surface area contributed by atoms with Gasteiger partial charge in [-0.2, -0.15) is 11.8 Å². The zero-order valence-electron chi connectivity index (χ0n) is 19.9. The topological polar surface area (TPSA) is 64.6 Å². The highest BCUT2D eigenvalue weighted by Crippen LogP contribution is 2.47. The van der Waals surface area contributed by atoms with E-state index in [1.165, 1.54) is 0 Å². The third-order valence-electron chi connectivity index (χ3n) is 6.43. The standard InChI is InChI=1S/C28H31NO4S/c1-4-34-15-14-33-28(31)25-18(2)29-22-16-20(19-10-6-5-7-11-19)17-23(30)27(22)26(25)21-12-8-9-13-24(21)32-3/h5-13,20,26,29H,4,14-17H2,1-3H3/t20-,26-/m1/s1. The Hall–Kier alpha value is -2.99. The minimum atomic E-state index is -0.525. The number of carbonyl (C=O) groups is 2. The molecule has 0 aromatic heterocycles. The molecule has 0 unspecified atom stereocenters. The van der Waals surface area contributed by atoms with Crippen LogP contribution in [0.1, 0.15) is 49.7 Å². The highest BCUT2D eigenvalue weighted by Gasteiger charge is 2.42. The number of allylic oxidation sites excluding steroid dienone is 3. The van der Waals surface area contributed by atoms with Crippen molar-refractivity contribution in [1.82, 2.24) is 5.32 Å². The van der Waals surface area contributed by atoms with Gasteiger partial charge in [-0.1, -0.05) is 55.5 Å². The molecular formula is C28H31NO4S. The van der Waals surface area contributed by atoms with Crippen LogP contribution < -0.4 is 10.1 Å². The van der Waals surface area contributed by atoms with Crippen molar-refractivity contribution in [1.29, 1.82) is 0 Å². The molecule has 0 fully saturated rings. The SMILES string of the molecule is CCSCCOC(=O)C1=C(C)NC2=C(C(=O)C[C@H](c3ccccc3)C2)[C@@H]1c1ccccc1OC. The number of dihydropyridines is 1. The van der Waals surface area contributed by atoms with E-state index in [0.717, 1.165) is 34.0 Å². The number of hydrogen-bond donors (Lipinski definition) is 1. The number of hydrogen-bond acceptors (Lipinski definition) is 6. The van der Waals surface area contributed by atoms with Gasteiger partial charge in [-0.25, -0.2) is 4.79 Å². The Kier molecular flexibility index (Phi) is 7.78. The number of methoxy groups -OCH3 is 1. The van der Waals surface area contributed by atoms with Gasteiger partial charge in [0.15, 0.2) is 5.78 Å². The van der Waals surface area contributed by atoms with Crippen LogP contribution in [0.15, 0.2) is 77.1 Å². The number of rotatable bonds is 8. The third kappa shape index (κ3) is 4.92. The monoisotopic (exact) mass is 477 g/mol. The molecule has 5 nitrogen and oxygen atoms in total. The Morgan fingerprint density at radius 3 is 2.56 bits per heavy atom. The first-order chi connectivity index (χ1) is 16.5. The van der Waals surface area contributed by atoms with E-state index >= 15 is 0 Å². The smallest absolute Gasteiger partial charge is 0.336 e. The summed E-state index contributed by atoms with van der Waals surface area (Å²) in [6.45, 7) is 4.30. The van der Waals surface area contributed by atoms with Gasteiger partial charge in [-0.3, -0.25) is 4.79 Å². The zero-order chi connectivity index (χ0) is 24.1. The molecule has 2 aliphatic rings. The Morgan fingerprint density at radius 2 is 1.82 bits per heavy atom. The van der Waals surface area contributed by atoms with Crippen molar-refractivity contribution in [3.05, 3.63) is 88.3 Å². The molecule has 178 valence electrons. The van der Waals surface area contributed by atoms with Gasteiger partial charge in [0.1, 0.15) is 12.4 Å². The van der Waals surface area contributed by atoms with E-state index in [0.29, 0.717) is 36.3 Å². The van der Waals surface area contributed by atoms with Crippen molar-refractivity contribution in [3.8, 4) is 5.75 Å². The van der Waals surface area contributed by atoms with Gasteiger partial charge in [0.05, 0.1) is 18.6 Å².